The lowest BCUT2D eigenvalue weighted by atomic mass is 10.1. The number of carbonyl (C=O) groups excluding carboxylic acids is 1. The van der Waals surface area contributed by atoms with E-state index < -0.39 is 18.0 Å². The lowest BCUT2D eigenvalue weighted by Crippen LogP contribution is -2.15. The Labute approximate surface area is 85.1 Å². The Kier molecular flexibility index (Phi) is 3.18. The number of nitrogens with two attached hydrogens (primary N) is 1. The molecular formula is C9H10F2N2O2. The molecule has 0 radical (unpaired) electrons. The highest BCUT2D eigenvalue weighted by Crippen LogP contribution is 2.28. The Hall–Kier alpha value is -1.72. The molecule has 0 fully saturated rings. The van der Waals surface area contributed by atoms with E-state index in [1.54, 1.807) is 0 Å². The van der Waals surface area contributed by atoms with E-state index in [1.807, 2.05) is 0 Å². The van der Waals surface area contributed by atoms with E-state index in [4.69, 9.17) is 10.5 Å². The van der Waals surface area contributed by atoms with E-state index in [0.717, 1.165) is 0 Å². The average molecular weight is 216 g/mol. The van der Waals surface area contributed by atoms with Crippen molar-refractivity contribution in [3.8, 4) is 5.75 Å². The zero-order chi connectivity index (χ0) is 11.6. The molecule has 0 saturated heterocycles. The minimum Gasteiger partial charge on any atom is -0.495 e. The summed E-state index contributed by atoms with van der Waals surface area (Å²) in [4.78, 5) is 14.5. The van der Waals surface area contributed by atoms with E-state index in [1.165, 1.54) is 20.1 Å². The van der Waals surface area contributed by atoms with Gasteiger partial charge in [-0.15, -0.1) is 0 Å². The van der Waals surface area contributed by atoms with Crippen molar-refractivity contribution in [3.05, 3.63) is 23.0 Å². The number of rotatable bonds is 3. The number of ether oxygens (including phenoxy) is 1. The van der Waals surface area contributed by atoms with Gasteiger partial charge >= 0.3 is 0 Å². The van der Waals surface area contributed by atoms with Crippen molar-refractivity contribution in [2.45, 2.75) is 13.3 Å². The summed E-state index contributed by atoms with van der Waals surface area (Å²) in [7, 11) is 1.23. The van der Waals surface area contributed by atoms with E-state index in [2.05, 4.69) is 4.98 Å². The number of aryl methyl sites for hydroxylation is 1. The number of halogens is 2. The van der Waals surface area contributed by atoms with Crippen molar-refractivity contribution in [2.75, 3.05) is 7.11 Å². The van der Waals surface area contributed by atoms with Gasteiger partial charge < -0.3 is 10.5 Å². The zero-order valence-corrected chi connectivity index (χ0v) is 8.25. The molecule has 1 amide bonds. The maximum Gasteiger partial charge on any atom is 0.284 e. The van der Waals surface area contributed by atoms with Crippen LogP contribution < -0.4 is 10.5 Å². The Morgan fingerprint density at radius 1 is 1.60 bits per heavy atom. The molecule has 1 aromatic rings. The first-order valence-corrected chi connectivity index (χ1v) is 4.10. The summed E-state index contributed by atoms with van der Waals surface area (Å²) >= 11 is 0. The first kappa shape index (κ1) is 11.4. The quantitative estimate of drug-likeness (QED) is 0.831. The predicted molar refractivity (Wildman–Crippen MR) is 49.0 cm³/mol. The molecule has 0 bridgehead atoms. The molecule has 1 heterocycles. The summed E-state index contributed by atoms with van der Waals surface area (Å²) in [5, 5.41) is 0. The third-order valence-corrected chi connectivity index (χ3v) is 1.90. The molecule has 2 N–H and O–H groups in total. The highest BCUT2D eigenvalue weighted by molar-refractivity contribution is 5.94. The van der Waals surface area contributed by atoms with Gasteiger partial charge in [-0.1, -0.05) is 0 Å². The molecule has 0 aromatic carbocycles. The van der Waals surface area contributed by atoms with E-state index in [9.17, 15) is 13.6 Å². The summed E-state index contributed by atoms with van der Waals surface area (Å²) in [5.74, 6) is -0.858. The van der Waals surface area contributed by atoms with Crippen LogP contribution in [0.15, 0.2) is 6.07 Å². The second-order valence-electron chi connectivity index (χ2n) is 2.87. The fourth-order valence-corrected chi connectivity index (χ4v) is 1.17. The Balaban J connectivity index is 3.35. The van der Waals surface area contributed by atoms with Gasteiger partial charge in [-0.25, -0.2) is 13.8 Å². The van der Waals surface area contributed by atoms with Gasteiger partial charge in [0.1, 0.15) is 11.4 Å². The van der Waals surface area contributed by atoms with Gasteiger partial charge in [-0.2, -0.15) is 0 Å². The maximum absolute atomic E-state index is 12.5. The largest absolute Gasteiger partial charge is 0.495 e. The van der Waals surface area contributed by atoms with Gasteiger partial charge in [-0.05, 0) is 13.0 Å². The molecule has 1 rings (SSSR count). The second kappa shape index (κ2) is 4.20. The van der Waals surface area contributed by atoms with E-state index >= 15 is 0 Å². The average Bonchev–Trinajstić information content (AvgIpc) is 2.16. The Morgan fingerprint density at radius 2 is 2.20 bits per heavy atom. The van der Waals surface area contributed by atoms with Crippen LogP contribution in [0.25, 0.3) is 0 Å². The Bertz CT molecular complexity index is 394. The minimum atomic E-state index is -2.75. The van der Waals surface area contributed by atoms with E-state index in [-0.39, 0.29) is 17.0 Å². The molecule has 4 nitrogen and oxygen atoms in total. The van der Waals surface area contributed by atoms with Crippen molar-refractivity contribution < 1.29 is 18.3 Å². The number of primary amides is 1. The summed E-state index contributed by atoms with van der Waals surface area (Å²) < 4.78 is 29.6. The second-order valence-corrected chi connectivity index (χ2v) is 2.87. The number of aromatic nitrogens is 1. The molecule has 0 aliphatic rings. The molecule has 15 heavy (non-hydrogen) atoms. The van der Waals surface area contributed by atoms with Gasteiger partial charge in [-0.3, -0.25) is 4.79 Å². The monoisotopic (exact) mass is 216 g/mol. The van der Waals surface area contributed by atoms with Crippen LogP contribution in [0.3, 0.4) is 0 Å². The van der Waals surface area contributed by atoms with Crippen LogP contribution in [0, 0.1) is 6.92 Å². The predicted octanol–water partition coefficient (Wildman–Crippen LogP) is 1.44. The van der Waals surface area contributed by atoms with Gasteiger partial charge in [0.2, 0.25) is 0 Å². The molecular weight excluding hydrogens is 206 g/mol. The number of hydrogen-bond donors (Lipinski definition) is 1. The minimum absolute atomic E-state index is 0.0799. The molecule has 6 heteroatoms. The van der Waals surface area contributed by atoms with Crippen molar-refractivity contribution in [1.82, 2.24) is 4.98 Å². The number of amides is 1. The first-order valence-electron chi connectivity index (χ1n) is 4.10. The number of hydrogen-bond acceptors (Lipinski definition) is 3. The van der Waals surface area contributed by atoms with Crippen molar-refractivity contribution in [1.29, 1.82) is 0 Å². The third-order valence-electron chi connectivity index (χ3n) is 1.90. The van der Waals surface area contributed by atoms with Crippen LogP contribution in [0.1, 0.15) is 28.2 Å². The van der Waals surface area contributed by atoms with Gasteiger partial charge in [0.15, 0.2) is 0 Å². The van der Waals surface area contributed by atoms with Crippen LogP contribution >= 0.6 is 0 Å². The summed E-state index contributed by atoms with van der Waals surface area (Å²) in [6.07, 6.45) is -2.75. The Morgan fingerprint density at radius 3 is 2.60 bits per heavy atom. The van der Waals surface area contributed by atoms with Crippen molar-refractivity contribution in [3.63, 3.8) is 0 Å². The summed E-state index contributed by atoms with van der Waals surface area (Å²) in [6.45, 7) is 1.44. The van der Waals surface area contributed by atoms with Crippen LogP contribution in [0.5, 0.6) is 5.75 Å². The summed E-state index contributed by atoms with van der Waals surface area (Å²) in [5.41, 5.74) is 4.80. The standard InChI is InChI=1S/C9H10F2N2O2/c1-4-5(9(12)14)3-6(15-2)7(13-4)8(10)11/h3,8H,1-2H3,(H2,12,14). The highest BCUT2D eigenvalue weighted by Gasteiger charge is 2.19. The number of nitrogens with zero attached hydrogens (tertiary/aromatic N) is 1. The van der Waals surface area contributed by atoms with Crippen molar-refractivity contribution >= 4 is 5.91 Å². The lowest BCUT2D eigenvalue weighted by Gasteiger charge is -2.10. The molecule has 0 aliphatic heterocycles. The topological polar surface area (TPSA) is 65.2 Å². The fraction of sp³-hybridized carbons (Fsp3) is 0.333. The van der Waals surface area contributed by atoms with Crippen LogP contribution in [-0.4, -0.2) is 18.0 Å². The molecule has 82 valence electrons. The van der Waals surface area contributed by atoms with Gasteiger partial charge in [0.25, 0.3) is 12.3 Å². The number of alkyl halides is 2. The van der Waals surface area contributed by atoms with Crippen molar-refractivity contribution in [2.24, 2.45) is 5.73 Å². The smallest absolute Gasteiger partial charge is 0.284 e. The third kappa shape index (κ3) is 2.20. The maximum atomic E-state index is 12.5. The lowest BCUT2D eigenvalue weighted by molar-refractivity contribution is 0.0997. The molecule has 0 saturated carbocycles. The summed E-state index contributed by atoms with van der Waals surface area (Å²) in [6, 6.07) is 1.17. The molecule has 0 aliphatic carbocycles. The van der Waals surface area contributed by atoms with Crippen LogP contribution in [-0.2, 0) is 0 Å². The molecule has 1 aromatic heterocycles. The van der Waals surface area contributed by atoms with Gasteiger partial charge in [0, 0.05) is 0 Å². The highest BCUT2D eigenvalue weighted by atomic mass is 19.3. The number of methoxy groups -OCH3 is 1. The first-order chi connectivity index (χ1) is 6.97. The molecule has 0 unspecified atom stereocenters. The van der Waals surface area contributed by atoms with E-state index in [0.29, 0.717) is 0 Å². The van der Waals surface area contributed by atoms with Gasteiger partial charge in [0.05, 0.1) is 18.4 Å². The number of carbonyl (C=O) groups is 1. The zero-order valence-electron chi connectivity index (χ0n) is 8.25. The normalized spacial score (nSPS) is 10.5. The molecule has 0 atom stereocenters. The SMILES string of the molecule is COc1cc(C(N)=O)c(C)nc1C(F)F. The fourth-order valence-electron chi connectivity index (χ4n) is 1.17. The molecule has 0 spiro atoms. The van der Waals surface area contributed by atoms with Crippen LogP contribution in [0.2, 0.25) is 0 Å². The number of pyridine rings is 1. The van der Waals surface area contributed by atoms with Crippen LogP contribution in [0.4, 0.5) is 8.78 Å².